The highest BCUT2D eigenvalue weighted by molar-refractivity contribution is 14.1. The number of esters is 1. The van der Waals surface area contributed by atoms with Gasteiger partial charge in [0.15, 0.2) is 11.5 Å². The Morgan fingerprint density at radius 1 is 1.15 bits per heavy atom. The van der Waals surface area contributed by atoms with Crippen molar-refractivity contribution in [2.45, 2.75) is 33.4 Å². The van der Waals surface area contributed by atoms with Crippen LogP contribution in [0.2, 0.25) is 5.02 Å². The lowest BCUT2D eigenvalue weighted by atomic mass is 10.1. The van der Waals surface area contributed by atoms with Crippen molar-refractivity contribution in [1.82, 2.24) is 4.90 Å². The van der Waals surface area contributed by atoms with Crippen molar-refractivity contribution >= 4 is 69.1 Å². The molecule has 0 unspecified atom stereocenters. The van der Waals surface area contributed by atoms with E-state index in [2.05, 4.69) is 22.6 Å². The number of hydrogen-bond donors (Lipinski definition) is 0. The van der Waals surface area contributed by atoms with E-state index in [1.807, 2.05) is 25.1 Å². The van der Waals surface area contributed by atoms with Crippen molar-refractivity contribution in [1.29, 1.82) is 0 Å². The molecule has 1 aliphatic heterocycles. The quantitative estimate of drug-likeness (QED) is 0.197. The van der Waals surface area contributed by atoms with Crippen LogP contribution in [0.5, 0.6) is 11.5 Å². The first-order valence-electron chi connectivity index (χ1n) is 10.5. The summed E-state index contributed by atoms with van der Waals surface area (Å²) < 4.78 is 17.5. The SMILES string of the molecule is CCOC(=O)[C@H](C)N1C(=O)S/C(=C/c2cc(I)c(OCc3ccc(Cl)cc3)c(OCC)c2)C1=O. The molecule has 1 aliphatic rings. The van der Waals surface area contributed by atoms with E-state index in [1.165, 1.54) is 6.92 Å². The first-order valence-corrected chi connectivity index (χ1v) is 12.8. The summed E-state index contributed by atoms with van der Waals surface area (Å²) in [5, 5.41) is 0.137. The maximum atomic E-state index is 12.9. The molecule has 1 heterocycles. The Kier molecular flexibility index (Phi) is 9.26. The molecule has 10 heteroatoms. The molecule has 1 fully saturated rings. The van der Waals surface area contributed by atoms with E-state index in [-0.39, 0.29) is 11.5 Å². The van der Waals surface area contributed by atoms with Crippen LogP contribution < -0.4 is 9.47 Å². The first kappa shape index (κ1) is 26.4. The lowest BCUT2D eigenvalue weighted by Crippen LogP contribution is -2.42. The van der Waals surface area contributed by atoms with Gasteiger partial charge in [0.25, 0.3) is 11.1 Å². The fourth-order valence-corrected chi connectivity index (χ4v) is 4.96. The van der Waals surface area contributed by atoms with E-state index in [0.29, 0.717) is 35.3 Å². The molecule has 7 nitrogen and oxygen atoms in total. The van der Waals surface area contributed by atoms with Gasteiger partial charge in [-0.05, 0) is 96.6 Å². The molecule has 180 valence electrons. The number of benzene rings is 2. The van der Waals surface area contributed by atoms with Gasteiger partial charge in [-0.2, -0.15) is 0 Å². The topological polar surface area (TPSA) is 82.1 Å². The zero-order chi connectivity index (χ0) is 24.8. The number of ether oxygens (including phenoxy) is 3. The summed E-state index contributed by atoms with van der Waals surface area (Å²) >= 11 is 8.87. The number of carbonyl (C=O) groups excluding carboxylic acids is 3. The Labute approximate surface area is 220 Å². The Morgan fingerprint density at radius 2 is 1.85 bits per heavy atom. The van der Waals surface area contributed by atoms with Crippen molar-refractivity contribution < 1.29 is 28.6 Å². The normalized spacial score (nSPS) is 15.6. The maximum Gasteiger partial charge on any atom is 0.329 e. The van der Waals surface area contributed by atoms with Gasteiger partial charge in [0.05, 0.1) is 21.7 Å². The number of hydrogen-bond acceptors (Lipinski definition) is 7. The standard InChI is InChI=1S/C24H23ClINO6S/c1-4-31-19-11-16(10-18(26)21(19)33-13-15-6-8-17(25)9-7-15)12-20-22(28)27(24(30)34-20)14(3)23(29)32-5-2/h6-12,14H,4-5,13H2,1-3H3/b20-12+/t14-/m0/s1. The van der Waals surface area contributed by atoms with Crippen molar-refractivity contribution in [2.75, 3.05) is 13.2 Å². The first-order chi connectivity index (χ1) is 16.2. The Balaban J connectivity index is 1.84. The minimum Gasteiger partial charge on any atom is -0.490 e. The highest BCUT2D eigenvalue weighted by Crippen LogP contribution is 2.38. The van der Waals surface area contributed by atoms with Gasteiger partial charge in [-0.15, -0.1) is 0 Å². The van der Waals surface area contributed by atoms with Gasteiger partial charge < -0.3 is 14.2 Å². The molecule has 2 aromatic carbocycles. The van der Waals surface area contributed by atoms with Crippen LogP contribution >= 0.6 is 46.0 Å². The van der Waals surface area contributed by atoms with Gasteiger partial charge in [-0.25, -0.2) is 4.79 Å². The minimum atomic E-state index is -0.999. The zero-order valence-electron chi connectivity index (χ0n) is 18.8. The molecule has 0 bridgehead atoms. The molecule has 0 N–H and O–H groups in total. The largest absolute Gasteiger partial charge is 0.490 e. The molecule has 2 aromatic rings. The van der Waals surface area contributed by atoms with Gasteiger partial charge >= 0.3 is 5.97 Å². The van der Waals surface area contributed by atoms with Crippen molar-refractivity contribution in [3.8, 4) is 11.5 Å². The summed E-state index contributed by atoms with van der Waals surface area (Å²) in [6.07, 6.45) is 1.61. The van der Waals surface area contributed by atoms with Crippen LogP contribution in [-0.2, 0) is 20.9 Å². The third-order valence-electron chi connectivity index (χ3n) is 4.76. The van der Waals surface area contributed by atoms with Crippen LogP contribution in [0, 0.1) is 3.57 Å². The smallest absolute Gasteiger partial charge is 0.329 e. The number of carbonyl (C=O) groups is 3. The summed E-state index contributed by atoms with van der Waals surface area (Å²) in [5.74, 6) is -0.0553. The Bertz CT molecular complexity index is 1120. The Morgan fingerprint density at radius 3 is 2.50 bits per heavy atom. The third-order valence-corrected chi connectivity index (χ3v) is 6.70. The molecule has 2 amide bonds. The number of nitrogens with zero attached hydrogens (tertiary/aromatic N) is 1. The van der Waals surface area contributed by atoms with E-state index in [4.69, 9.17) is 25.8 Å². The average Bonchev–Trinajstić information content (AvgIpc) is 3.07. The summed E-state index contributed by atoms with van der Waals surface area (Å²) in [7, 11) is 0. The monoisotopic (exact) mass is 615 g/mol. The van der Waals surface area contributed by atoms with Gasteiger partial charge in [0.2, 0.25) is 0 Å². The molecule has 0 aliphatic carbocycles. The molecule has 34 heavy (non-hydrogen) atoms. The predicted octanol–water partition coefficient (Wildman–Crippen LogP) is 5.91. The maximum absolute atomic E-state index is 12.9. The number of imide groups is 1. The number of thioether (sulfide) groups is 1. The predicted molar refractivity (Wildman–Crippen MR) is 140 cm³/mol. The van der Waals surface area contributed by atoms with Crippen LogP contribution in [0.4, 0.5) is 4.79 Å². The molecule has 0 aromatic heterocycles. The minimum absolute atomic E-state index is 0.167. The molecule has 3 rings (SSSR count). The Hall–Kier alpha value is -2.24. The molecule has 1 saturated heterocycles. The number of halogens is 2. The second-order valence-corrected chi connectivity index (χ2v) is 9.75. The highest BCUT2D eigenvalue weighted by atomic mass is 127. The van der Waals surface area contributed by atoms with E-state index >= 15 is 0 Å². The lowest BCUT2D eigenvalue weighted by Gasteiger charge is -2.19. The average molecular weight is 616 g/mol. The van der Waals surface area contributed by atoms with E-state index < -0.39 is 23.2 Å². The van der Waals surface area contributed by atoms with Gasteiger partial charge in [0.1, 0.15) is 12.6 Å². The van der Waals surface area contributed by atoms with Crippen molar-refractivity contribution in [3.63, 3.8) is 0 Å². The molecule has 0 radical (unpaired) electrons. The molecule has 0 saturated carbocycles. The number of rotatable bonds is 9. The van der Waals surface area contributed by atoms with Crippen molar-refractivity contribution in [3.05, 3.63) is 61.0 Å². The van der Waals surface area contributed by atoms with Crippen LogP contribution in [0.1, 0.15) is 31.9 Å². The second kappa shape index (κ2) is 11.9. The van der Waals surface area contributed by atoms with E-state index in [0.717, 1.165) is 25.8 Å². The lowest BCUT2D eigenvalue weighted by molar-refractivity contribution is -0.150. The van der Waals surface area contributed by atoms with Crippen molar-refractivity contribution in [2.24, 2.45) is 0 Å². The van der Waals surface area contributed by atoms with Gasteiger partial charge in [-0.1, -0.05) is 23.7 Å². The van der Waals surface area contributed by atoms with E-state index in [1.54, 1.807) is 31.2 Å². The summed E-state index contributed by atoms with van der Waals surface area (Å²) in [5.41, 5.74) is 1.62. The molecular weight excluding hydrogens is 593 g/mol. The summed E-state index contributed by atoms with van der Waals surface area (Å²) in [6.45, 7) is 5.92. The van der Waals surface area contributed by atoms with Gasteiger partial charge in [-0.3, -0.25) is 14.5 Å². The third kappa shape index (κ3) is 6.25. The summed E-state index contributed by atoms with van der Waals surface area (Å²) in [4.78, 5) is 38.5. The van der Waals surface area contributed by atoms with Crippen LogP contribution in [0.25, 0.3) is 6.08 Å². The van der Waals surface area contributed by atoms with Crippen LogP contribution in [0.3, 0.4) is 0 Å². The fraction of sp³-hybridized carbons (Fsp3) is 0.292. The molecule has 1 atom stereocenters. The van der Waals surface area contributed by atoms with E-state index in [9.17, 15) is 14.4 Å². The molecular formula is C24H23ClINO6S. The molecule has 0 spiro atoms. The summed E-state index contributed by atoms with van der Waals surface area (Å²) in [6, 6.07) is 9.96. The van der Waals surface area contributed by atoms with Crippen LogP contribution in [0.15, 0.2) is 41.3 Å². The zero-order valence-corrected chi connectivity index (χ0v) is 22.5. The van der Waals surface area contributed by atoms with Gasteiger partial charge in [0, 0.05) is 5.02 Å². The number of amides is 2. The van der Waals surface area contributed by atoms with Crippen LogP contribution in [-0.4, -0.2) is 41.3 Å². The second-order valence-electron chi connectivity index (χ2n) is 7.16. The highest BCUT2D eigenvalue weighted by Gasteiger charge is 2.41. The fourth-order valence-electron chi connectivity index (χ4n) is 3.14.